The van der Waals surface area contributed by atoms with Crippen LogP contribution in [-0.2, 0) is 27.5 Å². The molecule has 0 aliphatic carbocycles. The van der Waals surface area contributed by atoms with E-state index < -0.39 is 0 Å². The van der Waals surface area contributed by atoms with E-state index in [0.29, 0.717) is 38.9 Å². The number of pyridine rings is 2. The second-order valence-electron chi connectivity index (χ2n) is 10.7. The zero-order chi connectivity index (χ0) is 32.2. The van der Waals surface area contributed by atoms with Crippen molar-refractivity contribution < 1.29 is 35.0 Å². The molecule has 1 N–H and O–H groups in total. The van der Waals surface area contributed by atoms with Crippen LogP contribution in [0.3, 0.4) is 0 Å². The van der Waals surface area contributed by atoms with Gasteiger partial charge in [0.2, 0.25) is 0 Å². The number of aromatic nitrogens is 2. The predicted molar refractivity (Wildman–Crippen MR) is 184 cm³/mol. The molecule has 1 aliphatic heterocycles. The van der Waals surface area contributed by atoms with Crippen LogP contribution in [0.1, 0.15) is 5.56 Å². The molecule has 0 fully saturated rings. The maximum absolute atomic E-state index is 12.9. The first-order chi connectivity index (χ1) is 23.0. The Morgan fingerprint density at radius 1 is 0.854 bits per heavy atom. The van der Waals surface area contributed by atoms with Crippen molar-refractivity contribution in [3.05, 3.63) is 178 Å². The van der Waals surface area contributed by atoms with Crippen LogP contribution in [0.4, 0.5) is 0 Å². The van der Waals surface area contributed by atoms with Gasteiger partial charge in [-0.15, -0.1) is 23.8 Å². The number of nitrogens with zero attached hydrogens (tertiary/aromatic N) is 1. The summed E-state index contributed by atoms with van der Waals surface area (Å²) in [4.78, 5) is 31.7. The number of aromatic amines is 1. The summed E-state index contributed by atoms with van der Waals surface area (Å²) >= 11 is 0. The molecule has 0 spiro atoms. The number of allylic oxidation sites excluding steroid dienone is 2. The van der Waals surface area contributed by atoms with Crippen LogP contribution in [0.5, 0.6) is 17.2 Å². The number of para-hydroxylation sites is 2. The number of benzene rings is 4. The topological polar surface area (TPSA) is 94.4 Å². The summed E-state index contributed by atoms with van der Waals surface area (Å²) in [6.45, 7) is 3.70. The Kier molecular flexibility index (Phi) is 9.60. The average Bonchev–Trinajstić information content (AvgIpc) is 3.12. The second-order valence-corrected chi connectivity index (χ2v) is 10.7. The Bertz CT molecular complexity index is 2410. The monoisotopic (exact) mass is 810 g/mol. The molecule has 0 saturated carbocycles. The van der Waals surface area contributed by atoms with Gasteiger partial charge in [-0.05, 0) is 95.4 Å². The molecule has 0 unspecified atom stereocenters. The van der Waals surface area contributed by atoms with Crippen molar-refractivity contribution in [2.75, 3.05) is 0 Å². The fourth-order valence-corrected chi connectivity index (χ4v) is 5.26. The normalized spacial score (nSPS) is 11.6. The summed E-state index contributed by atoms with van der Waals surface area (Å²) in [5.74, 6) is 3.04. The molecule has 8 heteroatoms. The molecule has 0 atom stereocenters. The van der Waals surface area contributed by atoms with Gasteiger partial charge < -0.3 is 23.9 Å². The molecule has 3 aromatic heterocycles. The van der Waals surface area contributed by atoms with Crippen LogP contribution in [-0.4, -0.2) is 9.97 Å². The summed E-state index contributed by atoms with van der Waals surface area (Å²) in [6.07, 6.45) is 7.83. The van der Waals surface area contributed by atoms with Gasteiger partial charge in [-0.25, -0.2) is 0 Å². The molecule has 4 heterocycles. The van der Waals surface area contributed by atoms with Gasteiger partial charge in [0.15, 0.2) is 10.9 Å². The molecule has 0 bridgehead atoms. The van der Waals surface area contributed by atoms with Gasteiger partial charge in [-0.2, -0.15) is 0 Å². The van der Waals surface area contributed by atoms with Gasteiger partial charge in [-0.1, -0.05) is 36.9 Å². The van der Waals surface area contributed by atoms with Gasteiger partial charge in [-0.3, -0.25) is 9.59 Å². The van der Waals surface area contributed by atoms with Crippen LogP contribution in [0, 0.1) is 6.07 Å². The standard InChI is InChI=1S/C24H14NO3.C16H13NO2.Pt/c26-24-19-8-4-5-9-22(19)28-23-11-10-16(14-20(23)24)21-15-18(12-13-25-21)27-17-6-2-1-3-7-17;1-2-14-5-3-12-9-11(4-6-16(12)19-14)15-10-13(18)7-8-17-15;/h1-9,11-15H;2,4-10H,1,3H2,(H,17,18);/q-1;;. The smallest absolute Gasteiger partial charge is 0.182 e. The van der Waals surface area contributed by atoms with E-state index in [9.17, 15) is 9.59 Å². The van der Waals surface area contributed by atoms with Gasteiger partial charge in [0.05, 0.1) is 11.0 Å². The van der Waals surface area contributed by atoms with Crippen molar-refractivity contribution in [2.24, 2.45) is 0 Å². The molecule has 0 radical (unpaired) electrons. The molecular formula is C40H27N2O5Pt-. The molecule has 0 saturated heterocycles. The Hall–Kier alpha value is -5.78. The second kappa shape index (κ2) is 14.3. The van der Waals surface area contributed by atoms with E-state index >= 15 is 0 Å². The fourth-order valence-electron chi connectivity index (χ4n) is 5.26. The van der Waals surface area contributed by atoms with Gasteiger partial charge in [0.1, 0.15) is 28.6 Å². The molecule has 1 aliphatic rings. The first kappa shape index (κ1) is 32.2. The third kappa shape index (κ3) is 6.97. The maximum atomic E-state index is 12.9. The summed E-state index contributed by atoms with van der Waals surface area (Å²) in [6, 6.07) is 36.0. The molecule has 48 heavy (non-hydrogen) atoms. The van der Waals surface area contributed by atoms with E-state index in [1.807, 2.05) is 72.8 Å². The Morgan fingerprint density at radius 2 is 1.69 bits per heavy atom. The molecule has 238 valence electrons. The SMILES string of the molecule is C=CC1=CCc2cc(-c3cc(=O)cc[nH]3)ccc2O1.O=c1c2ccccc2oc2c[c-]c(-c3cc(Oc4ccccc4)ccn3)cc12.[Pt]. The molecule has 7 nitrogen and oxygen atoms in total. The van der Waals surface area contributed by atoms with Crippen LogP contribution >= 0.6 is 0 Å². The largest absolute Gasteiger partial charge is 0.500 e. The number of fused-ring (bicyclic) bond motifs is 3. The molecule has 4 aromatic carbocycles. The fraction of sp³-hybridized carbons (Fsp3) is 0.0250. The van der Waals surface area contributed by atoms with Crippen molar-refractivity contribution in [2.45, 2.75) is 6.42 Å². The third-order valence-corrected chi connectivity index (χ3v) is 7.59. The van der Waals surface area contributed by atoms with Gasteiger partial charge in [0, 0.05) is 51.3 Å². The minimum absolute atomic E-state index is 0. The Morgan fingerprint density at radius 3 is 2.52 bits per heavy atom. The number of nitrogens with one attached hydrogen (secondary N) is 1. The zero-order valence-corrected chi connectivity index (χ0v) is 27.7. The zero-order valence-electron chi connectivity index (χ0n) is 25.4. The first-order valence-corrected chi connectivity index (χ1v) is 14.9. The van der Waals surface area contributed by atoms with E-state index in [1.165, 1.54) is 6.07 Å². The third-order valence-electron chi connectivity index (χ3n) is 7.59. The number of rotatable bonds is 5. The quantitative estimate of drug-likeness (QED) is 0.138. The van der Waals surface area contributed by atoms with Crippen LogP contribution < -0.4 is 20.3 Å². The molecular weight excluding hydrogens is 784 g/mol. The van der Waals surface area contributed by atoms with Gasteiger partial charge in [0.25, 0.3) is 0 Å². The molecule has 0 amide bonds. The van der Waals surface area contributed by atoms with E-state index in [2.05, 4.69) is 22.6 Å². The van der Waals surface area contributed by atoms with E-state index in [4.69, 9.17) is 13.9 Å². The average molecular weight is 811 g/mol. The maximum Gasteiger partial charge on any atom is 0.182 e. The number of ether oxygens (including phenoxy) is 2. The minimum atomic E-state index is -0.0659. The van der Waals surface area contributed by atoms with Crippen molar-refractivity contribution in [3.8, 4) is 39.8 Å². The van der Waals surface area contributed by atoms with Crippen LogP contribution in [0.15, 0.2) is 160 Å². The molecule has 7 aromatic rings. The van der Waals surface area contributed by atoms with E-state index in [-0.39, 0.29) is 31.9 Å². The summed E-state index contributed by atoms with van der Waals surface area (Å²) in [5, 5.41) is 1.06. The van der Waals surface area contributed by atoms with Gasteiger partial charge >= 0.3 is 0 Å². The summed E-state index contributed by atoms with van der Waals surface area (Å²) < 4.78 is 17.4. The minimum Gasteiger partial charge on any atom is -0.500 e. The van der Waals surface area contributed by atoms with E-state index in [1.54, 1.807) is 54.9 Å². The Balaban J connectivity index is 0.000000176. The summed E-state index contributed by atoms with van der Waals surface area (Å²) in [7, 11) is 0. The number of hydrogen-bond donors (Lipinski definition) is 1. The molecule has 8 rings (SSSR count). The van der Waals surface area contributed by atoms with Crippen molar-refractivity contribution in [1.29, 1.82) is 0 Å². The van der Waals surface area contributed by atoms with Crippen LogP contribution in [0.2, 0.25) is 0 Å². The Labute approximate surface area is 290 Å². The predicted octanol–water partition coefficient (Wildman–Crippen LogP) is 8.64. The number of hydrogen-bond acceptors (Lipinski definition) is 6. The van der Waals surface area contributed by atoms with Crippen molar-refractivity contribution in [1.82, 2.24) is 9.97 Å². The van der Waals surface area contributed by atoms with Crippen molar-refractivity contribution in [3.63, 3.8) is 0 Å². The number of H-pyrrole nitrogens is 1. The first-order valence-electron chi connectivity index (χ1n) is 14.9. The van der Waals surface area contributed by atoms with Crippen molar-refractivity contribution >= 4 is 21.9 Å². The van der Waals surface area contributed by atoms with E-state index in [0.717, 1.165) is 40.5 Å². The van der Waals surface area contributed by atoms with Crippen LogP contribution in [0.25, 0.3) is 44.5 Å². The summed E-state index contributed by atoms with van der Waals surface area (Å²) in [5.41, 5.74) is 5.27.